The summed E-state index contributed by atoms with van der Waals surface area (Å²) in [6.07, 6.45) is 2.81. The predicted molar refractivity (Wildman–Crippen MR) is 95.7 cm³/mol. The van der Waals surface area contributed by atoms with Crippen LogP contribution < -0.4 is 4.74 Å². The van der Waals surface area contributed by atoms with Crippen LogP contribution in [-0.2, 0) is 13.2 Å². The number of aromatic hydroxyl groups is 1. The third kappa shape index (κ3) is 4.24. The molecular weight excluding hydrogens is 386 g/mol. The van der Waals surface area contributed by atoms with E-state index in [4.69, 9.17) is 4.74 Å². The summed E-state index contributed by atoms with van der Waals surface area (Å²) in [7, 11) is 0. The second kappa shape index (κ2) is 7.48. The van der Waals surface area contributed by atoms with Gasteiger partial charge in [-0.25, -0.2) is 9.67 Å². The second-order valence-corrected chi connectivity index (χ2v) is 6.49. The number of aryl methyl sites for hydroxylation is 1. The Bertz CT molecular complexity index is 895. The van der Waals surface area contributed by atoms with Gasteiger partial charge in [-0.2, -0.15) is 5.10 Å². The van der Waals surface area contributed by atoms with E-state index < -0.39 is 0 Å². The highest BCUT2D eigenvalue weighted by molar-refractivity contribution is 9.10. The Morgan fingerprint density at radius 3 is 2.88 bits per heavy atom. The fourth-order valence-corrected chi connectivity index (χ4v) is 2.84. The monoisotopic (exact) mass is 401 g/mol. The van der Waals surface area contributed by atoms with Gasteiger partial charge in [0.1, 0.15) is 37.3 Å². The zero-order valence-corrected chi connectivity index (χ0v) is 15.1. The Labute approximate surface area is 153 Å². The lowest BCUT2D eigenvalue weighted by Gasteiger charge is -2.12. The highest BCUT2D eigenvalue weighted by Gasteiger charge is 2.15. The van der Waals surface area contributed by atoms with Crippen LogP contribution in [-0.4, -0.2) is 25.7 Å². The summed E-state index contributed by atoms with van der Waals surface area (Å²) < 4.78 is 8.17. The average Bonchev–Trinajstić information content (AvgIpc) is 3.08. The molecule has 0 saturated heterocycles. The van der Waals surface area contributed by atoms with Gasteiger partial charge in [0.25, 0.3) is 0 Å². The number of phenols is 1. The van der Waals surface area contributed by atoms with Crippen LogP contribution >= 0.6 is 15.9 Å². The number of halogens is 1. The number of hydrogen-bond acceptors (Lipinski definition) is 5. The van der Waals surface area contributed by atoms with Gasteiger partial charge in [-0.05, 0) is 36.2 Å². The van der Waals surface area contributed by atoms with Gasteiger partial charge in [-0.15, -0.1) is 0 Å². The van der Waals surface area contributed by atoms with E-state index in [1.54, 1.807) is 6.07 Å². The Hall–Kier alpha value is -2.67. The number of benzene rings is 2. The number of ether oxygens (including phenoxy) is 1. The van der Waals surface area contributed by atoms with Gasteiger partial charge in [0, 0.05) is 10.5 Å². The minimum Gasteiger partial charge on any atom is -0.507 e. The highest BCUT2D eigenvalue weighted by atomic mass is 79.9. The molecule has 0 unspecified atom stereocenters. The Morgan fingerprint density at radius 1 is 1.32 bits per heavy atom. The summed E-state index contributed by atoms with van der Waals surface area (Å²) >= 11 is 3.42. The standard InChI is InChI=1S/C18H16BrN3O3/c1-12-5-15(17(24)8-22-11-20-10-21-22)16(23)7-18(12)25-9-13-3-2-4-14(19)6-13/h2-7,10-11,23H,8-9H2,1H3. The number of aromatic nitrogens is 3. The first-order valence-corrected chi connectivity index (χ1v) is 8.38. The summed E-state index contributed by atoms with van der Waals surface area (Å²) in [6, 6.07) is 10.9. The summed E-state index contributed by atoms with van der Waals surface area (Å²) in [5, 5.41) is 14.1. The molecule has 7 heteroatoms. The Morgan fingerprint density at radius 2 is 2.16 bits per heavy atom. The van der Waals surface area contributed by atoms with Crippen LogP contribution in [0.1, 0.15) is 21.5 Å². The van der Waals surface area contributed by atoms with Gasteiger partial charge in [0.2, 0.25) is 0 Å². The van der Waals surface area contributed by atoms with E-state index in [-0.39, 0.29) is 23.6 Å². The molecular formula is C18H16BrN3O3. The molecule has 0 bridgehead atoms. The number of carbonyl (C=O) groups is 1. The average molecular weight is 402 g/mol. The van der Waals surface area contributed by atoms with Crippen LogP contribution in [0.25, 0.3) is 0 Å². The molecule has 1 N–H and O–H groups in total. The van der Waals surface area contributed by atoms with Gasteiger partial charge >= 0.3 is 0 Å². The maximum Gasteiger partial charge on any atom is 0.188 e. The van der Waals surface area contributed by atoms with E-state index in [0.29, 0.717) is 12.4 Å². The van der Waals surface area contributed by atoms with E-state index in [9.17, 15) is 9.90 Å². The van der Waals surface area contributed by atoms with E-state index >= 15 is 0 Å². The van der Waals surface area contributed by atoms with E-state index in [0.717, 1.165) is 15.6 Å². The predicted octanol–water partition coefficient (Wildman–Crippen LogP) is 3.52. The zero-order chi connectivity index (χ0) is 17.8. The van der Waals surface area contributed by atoms with Crippen LogP contribution in [0, 0.1) is 6.92 Å². The molecule has 0 fully saturated rings. The molecule has 0 amide bonds. The minimum atomic E-state index is -0.246. The van der Waals surface area contributed by atoms with Crippen LogP contribution in [0.3, 0.4) is 0 Å². The quantitative estimate of drug-likeness (QED) is 0.639. The lowest BCUT2D eigenvalue weighted by Crippen LogP contribution is -2.11. The van der Waals surface area contributed by atoms with Gasteiger partial charge < -0.3 is 9.84 Å². The number of rotatable bonds is 6. The van der Waals surface area contributed by atoms with Crippen molar-refractivity contribution in [2.75, 3.05) is 0 Å². The second-order valence-electron chi connectivity index (χ2n) is 5.57. The summed E-state index contributed by atoms with van der Waals surface area (Å²) in [5.74, 6) is 0.180. The molecule has 0 aliphatic carbocycles. The lowest BCUT2D eigenvalue weighted by atomic mass is 10.1. The SMILES string of the molecule is Cc1cc(C(=O)Cn2cncn2)c(O)cc1OCc1cccc(Br)c1. The lowest BCUT2D eigenvalue weighted by molar-refractivity contribution is 0.0965. The van der Waals surface area contributed by atoms with Crippen molar-refractivity contribution in [1.82, 2.24) is 14.8 Å². The van der Waals surface area contributed by atoms with Crippen molar-refractivity contribution in [3.63, 3.8) is 0 Å². The molecule has 128 valence electrons. The molecule has 3 rings (SSSR count). The third-order valence-electron chi connectivity index (χ3n) is 3.65. The minimum absolute atomic E-state index is 0.0191. The fraction of sp³-hybridized carbons (Fsp3) is 0.167. The maximum absolute atomic E-state index is 12.3. The summed E-state index contributed by atoms with van der Waals surface area (Å²) in [4.78, 5) is 16.1. The van der Waals surface area contributed by atoms with E-state index in [1.165, 1.54) is 23.4 Å². The van der Waals surface area contributed by atoms with Crippen molar-refractivity contribution in [3.05, 3.63) is 70.2 Å². The van der Waals surface area contributed by atoms with E-state index in [2.05, 4.69) is 26.0 Å². The van der Waals surface area contributed by atoms with Crippen molar-refractivity contribution in [2.45, 2.75) is 20.1 Å². The van der Waals surface area contributed by atoms with Crippen molar-refractivity contribution < 1.29 is 14.6 Å². The molecule has 0 spiro atoms. The first-order valence-electron chi connectivity index (χ1n) is 7.59. The largest absolute Gasteiger partial charge is 0.507 e. The molecule has 6 nitrogen and oxygen atoms in total. The molecule has 0 aliphatic rings. The molecule has 3 aromatic rings. The number of Topliss-reactive ketones (excluding diaryl/α,β-unsaturated/α-hetero) is 1. The molecule has 1 aromatic heterocycles. The molecule has 0 radical (unpaired) electrons. The number of ketones is 1. The third-order valence-corrected chi connectivity index (χ3v) is 4.14. The van der Waals surface area contributed by atoms with Gasteiger partial charge in [-0.3, -0.25) is 4.79 Å². The molecule has 2 aromatic carbocycles. The topological polar surface area (TPSA) is 77.2 Å². The summed E-state index contributed by atoms with van der Waals surface area (Å²) in [6.45, 7) is 2.22. The molecule has 0 aliphatic heterocycles. The Balaban J connectivity index is 1.74. The number of hydrogen-bond donors (Lipinski definition) is 1. The maximum atomic E-state index is 12.3. The van der Waals surface area contributed by atoms with Crippen molar-refractivity contribution >= 4 is 21.7 Å². The zero-order valence-electron chi connectivity index (χ0n) is 13.5. The van der Waals surface area contributed by atoms with Crippen LogP contribution in [0.4, 0.5) is 0 Å². The van der Waals surface area contributed by atoms with Gasteiger partial charge in [0.15, 0.2) is 5.78 Å². The number of nitrogens with zero attached hydrogens (tertiary/aromatic N) is 3. The fourth-order valence-electron chi connectivity index (χ4n) is 2.39. The first kappa shape index (κ1) is 17.2. The molecule has 0 atom stereocenters. The highest BCUT2D eigenvalue weighted by Crippen LogP contribution is 2.29. The number of carbonyl (C=O) groups excluding carboxylic acids is 1. The van der Waals surface area contributed by atoms with Gasteiger partial charge in [0.05, 0.1) is 5.56 Å². The van der Waals surface area contributed by atoms with Crippen LogP contribution in [0.5, 0.6) is 11.5 Å². The molecule has 0 saturated carbocycles. The molecule has 25 heavy (non-hydrogen) atoms. The van der Waals surface area contributed by atoms with Crippen LogP contribution in [0.2, 0.25) is 0 Å². The van der Waals surface area contributed by atoms with E-state index in [1.807, 2.05) is 31.2 Å². The van der Waals surface area contributed by atoms with Crippen molar-refractivity contribution in [2.24, 2.45) is 0 Å². The first-order chi connectivity index (χ1) is 12.0. The van der Waals surface area contributed by atoms with Crippen molar-refractivity contribution in [3.8, 4) is 11.5 Å². The van der Waals surface area contributed by atoms with Crippen LogP contribution in [0.15, 0.2) is 53.5 Å². The normalized spacial score (nSPS) is 10.6. The molecule has 1 heterocycles. The number of phenolic OH excluding ortho intramolecular Hbond substituents is 1. The summed E-state index contributed by atoms with van der Waals surface area (Å²) in [5.41, 5.74) is 2.01. The Kier molecular flexibility index (Phi) is 5.14. The van der Waals surface area contributed by atoms with Crippen molar-refractivity contribution in [1.29, 1.82) is 0 Å². The smallest absolute Gasteiger partial charge is 0.188 e. The van der Waals surface area contributed by atoms with Gasteiger partial charge in [-0.1, -0.05) is 28.1 Å².